The highest BCUT2D eigenvalue weighted by Gasteiger charge is 2.52. The van der Waals surface area contributed by atoms with Crippen molar-refractivity contribution >= 4 is 48.8 Å². The first kappa shape index (κ1) is 30.3. The Morgan fingerprint density at radius 3 is 1.86 bits per heavy atom. The first-order chi connectivity index (χ1) is 17.1. The van der Waals surface area contributed by atoms with E-state index >= 15 is 0 Å². The molecule has 1 aliphatic heterocycles. The van der Waals surface area contributed by atoms with Gasteiger partial charge in [-0.3, -0.25) is 4.79 Å². The van der Waals surface area contributed by atoms with Gasteiger partial charge in [0.1, 0.15) is 4.32 Å². The number of rotatable bonds is 10. The number of halogens is 1. The van der Waals surface area contributed by atoms with Crippen LogP contribution in [0.1, 0.15) is 60.8 Å². The van der Waals surface area contributed by atoms with E-state index in [1.54, 1.807) is 0 Å². The van der Waals surface area contributed by atoms with E-state index in [1.807, 2.05) is 0 Å². The molecule has 1 aliphatic rings. The standard InChI is InChI=1S/C30H46BrNO3Si2/c1-28(2,3)36(7,8)34-21-15-20-30(31)22-24(32-27(30)33)23-35-37(29(4,5)6,25-16-11-9-12-17-25)26-18-13-10-14-19-26/h9-14,16-19,24H,15,20-23H2,1-8H3,(H,32,33)/t24-,30-/m0/s1. The third kappa shape index (κ3) is 6.67. The summed E-state index contributed by atoms with van der Waals surface area (Å²) >= 11 is 3.82. The zero-order valence-electron chi connectivity index (χ0n) is 24.0. The second-order valence-corrected chi connectivity index (χ2v) is 23.7. The molecule has 0 bridgehead atoms. The molecule has 0 unspecified atom stereocenters. The SMILES string of the molecule is CC(C)(C)[Si](C)(C)OCCC[C@]1(Br)C[C@@H](CO[Si](c2ccccc2)(c2ccccc2)C(C)(C)C)NC1=O. The van der Waals surface area contributed by atoms with E-state index in [9.17, 15) is 4.79 Å². The lowest BCUT2D eigenvalue weighted by Crippen LogP contribution is -2.67. The molecule has 1 saturated heterocycles. The van der Waals surface area contributed by atoms with Gasteiger partial charge in [0.15, 0.2) is 8.32 Å². The molecule has 7 heteroatoms. The van der Waals surface area contributed by atoms with Gasteiger partial charge in [-0.2, -0.15) is 0 Å². The highest BCUT2D eigenvalue weighted by atomic mass is 79.9. The molecule has 0 aliphatic carbocycles. The quantitative estimate of drug-likeness (QED) is 0.194. The van der Waals surface area contributed by atoms with Gasteiger partial charge in [-0.05, 0) is 52.8 Å². The highest BCUT2D eigenvalue weighted by molar-refractivity contribution is 9.10. The monoisotopic (exact) mass is 603 g/mol. The summed E-state index contributed by atoms with van der Waals surface area (Å²) in [5.41, 5.74) is 0. The molecule has 0 saturated carbocycles. The van der Waals surface area contributed by atoms with Gasteiger partial charge in [0.05, 0.1) is 12.6 Å². The van der Waals surface area contributed by atoms with E-state index in [-0.39, 0.29) is 22.0 Å². The Labute approximate surface area is 235 Å². The maximum atomic E-state index is 13.1. The fourth-order valence-corrected chi connectivity index (χ4v) is 11.5. The van der Waals surface area contributed by atoms with Crippen molar-refractivity contribution in [1.29, 1.82) is 0 Å². The smallest absolute Gasteiger partial charge is 0.261 e. The predicted molar refractivity (Wildman–Crippen MR) is 164 cm³/mol. The Hall–Kier alpha value is -1.26. The molecule has 2 aromatic carbocycles. The van der Waals surface area contributed by atoms with Crippen LogP contribution in [0.15, 0.2) is 60.7 Å². The van der Waals surface area contributed by atoms with Crippen LogP contribution in [-0.2, 0) is 13.6 Å². The van der Waals surface area contributed by atoms with E-state index in [1.165, 1.54) is 10.4 Å². The van der Waals surface area contributed by atoms with Gasteiger partial charge in [0.2, 0.25) is 5.91 Å². The van der Waals surface area contributed by atoms with Crippen LogP contribution in [0.2, 0.25) is 23.2 Å². The zero-order chi connectivity index (χ0) is 27.5. The minimum absolute atomic E-state index is 0.0326. The summed E-state index contributed by atoms with van der Waals surface area (Å²) in [6, 6.07) is 21.3. The van der Waals surface area contributed by atoms with Crippen molar-refractivity contribution in [2.24, 2.45) is 0 Å². The molecular formula is C30H46BrNO3Si2. The lowest BCUT2D eigenvalue weighted by Gasteiger charge is -2.43. The lowest BCUT2D eigenvalue weighted by atomic mass is 9.99. The number of benzene rings is 2. The molecule has 2 atom stereocenters. The minimum Gasteiger partial charge on any atom is -0.417 e. The molecule has 204 valence electrons. The van der Waals surface area contributed by atoms with Gasteiger partial charge in [-0.25, -0.2) is 0 Å². The molecule has 4 nitrogen and oxygen atoms in total. The summed E-state index contributed by atoms with van der Waals surface area (Å²) in [4.78, 5) is 13.1. The number of carbonyl (C=O) groups excluding carboxylic acids is 1. The van der Waals surface area contributed by atoms with Gasteiger partial charge in [0, 0.05) is 6.61 Å². The van der Waals surface area contributed by atoms with E-state index in [0.29, 0.717) is 19.6 Å². The summed E-state index contributed by atoms with van der Waals surface area (Å²) in [5.74, 6) is 0.0656. The topological polar surface area (TPSA) is 47.6 Å². The summed E-state index contributed by atoms with van der Waals surface area (Å²) in [7, 11) is -4.42. The first-order valence-corrected chi connectivity index (χ1v) is 19.1. The average Bonchev–Trinajstić information content (AvgIpc) is 3.10. The fraction of sp³-hybridized carbons (Fsp3) is 0.567. The molecule has 1 N–H and O–H groups in total. The summed E-state index contributed by atoms with van der Waals surface area (Å²) in [6.07, 6.45) is 2.32. The van der Waals surface area contributed by atoms with Crippen molar-refractivity contribution in [1.82, 2.24) is 5.32 Å². The van der Waals surface area contributed by atoms with Gasteiger partial charge in [0.25, 0.3) is 8.32 Å². The molecule has 0 aromatic heterocycles. The molecule has 1 fully saturated rings. The van der Waals surface area contributed by atoms with E-state index < -0.39 is 21.0 Å². The predicted octanol–water partition coefficient (Wildman–Crippen LogP) is 6.39. The molecular weight excluding hydrogens is 558 g/mol. The average molecular weight is 605 g/mol. The Morgan fingerprint density at radius 2 is 1.41 bits per heavy atom. The van der Waals surface area contributed by atoms with Crippen LogP contribution in [0, 0.1) is 0 Å². The Bertz CT molecular complexity index is 995. The molecule has 0 radical (unpaired) electrons. The number of amides is 1. The Kier molecular flexibility index (Phi) is 9.38. The summed E-state index contributed by atoms with van der Waals surface area (Å²) in [6.45, 7) is 19.4. The van der Waals surface area contributed by atoms with Crippen molar-refractivity contribution in [3.8, 4) is 0 Å². The number of nitrogens with one attached hydrogen (secondary N) is 1. The normalized spacial score (nSPS) is 21.2. The molecule has 3 rings (SSSR count). The lowest BCUT2D eigenvalue weighted by molar-refractivity contribution is -0.121. The molecule has 2 aromatic rings. The number of alkyl halides is 1. The van der Waals surface area contributed by atoms with E-state index in [4.69, 9.17) is 8.85 Å². The van der Waals surface area contributed by atoms with Gasteiger partial charge < -0.3 is 14.2 Å². The number of carbonyl (C=O) groups is 1. The second kappa shape index (κ2) is 11.5. The zero-order valence-corrected chi connectivity index (χ0v) is 27.6. The van der Waals surface area contributed by atoms with Crippen LogP contribution in [-0.4, -0.2) is 46.1 Å². The van der Waals surface area contributed by atoms with Crippen LogP contribution in [0.25, 0.3) is 0 Å². The van der Waals surface area contributed by atoms with Gasteiger partial charge in [-0.1, -0.05) is 118 Å². The van der Waals surface area contributed by atoms with Crippen molar-refractivity contribution in [3.05, 3.63) is 60.7 Å². The van der Waals surface area contributed by atoms with E-state index in [0.717, 1.165) is 12.8 Å². The minimum atomic E-state index is -2.64. The van der Waals surface area contributed by atoms with Gasteiger partial charge in [-0.15, -0.1) is 0 Å². The van der Waals surface area contributed by atoms with Crippen LogP contribution in [0.3, 0.4) is 0 Å². The van der Waals surface area contributed by atoms with Crippen molar-refractivity contribution in [2.75, 3.05) is 13.2 Å². The highest BCUT2D eigenvalue weighted by Crippen LogP contribution is 2.40. The van der Waals surface area contributed by atoms with Crippen LogP contribution in [0.5, 0.6) is 0 Å². The second-order valence-electron chi connectivity index (χ2n) is 13.0. The van der Waals surface area contributed by atoms with Crippen molar-refractivity contribution < 1.29 is 13.6 Å². The molecule has 37 heavy (non-hydrogen) atoms. The Balaban J connectivity index is 1.73. The molecule has 1 amide bonds. The van der Waals surface area contributed by atoms with E-state index in [2.05, 4.69) is 137 Å². The third-order valence-corrected chi connectivity index (χ3v) is 18.8. The maximum Gasteiger partial charge on any atom is 0.261 e. The van der Waals surface area contributed by atoms with Crippen LogP contribution in [0.4, 0.5) is 0 Å². The summed E-state index contributed by atoms with van der Waals surface area (Å²) in [5, 5.41) is 5.84. The maximum absolute atomic E-state index is 13.1. The van der Waals surface area contributed by atoms with Crippen molar-refractivity contribution in [2.45, 2.75) is 94.3 Å². The fourth-order valence-electron chi connectivity index (χ4n) is 5.05. The number of hydrogen-bond acceptors (Lipinski definition) is 3. The molecule has 1 heterocycles. The largest absolute Gasteiger partial charge is 0.417 e. The van der Waals surface area contributed by atoms with Gasteiger partial charge >= 0.3 is 0 Å². The van der Waals surface area contributed by atoms with Crippen molar-refractivity contribution in [3.63, 3.8) is 0 Å². The van der Waals surface area contributed by atoms with Crippen LogP contribution < -0.4 is 15.7 Å². The Morgan fingerprint density at radius 1 is 0.892 bits per heavy atom. The third-order valence-electron chi connectivity index (χ3n) is 8.22. The first-order valence-electron chi connectivity index (χ1n) is 13.5. The molecule has 0 spiro atoms. The number of hydrogen-bond donors (Lipinski definition) is 1. The summed E-state index contributed by atoms with van der Waals surface area (Å²) < 4.78 is 12.9. The van der Waals surface area contributed by atoms with Crippen LogP contribution >= 0.6 is 15.9 Å².